The highest BCUT2D eigenvalue weighted by molar-refractivity contribution is 5.33. The lowest BCUT2D eigenvalue weighted by molar-refractivity contribution is 0.186. The van der Waals surface area contributed by atoms with E-state index in [-0.39, 0.29) is 6.54 Å². The number of aliphatic hydroxyl groups is 1. The molecule has 0 fully saturated rings. The number of nitriles is 1. The van der Waals surface area contributed by atoms with Crippen LogP contribution in [0.3, 0.4) is 0 Å². The van der Waals surface area contributed by atoms with Crippen LogP contribution in [-0.2, 0) is 0 Å². The number of hydrogen-bond acceptors (Lipinski definition) is 3. The summed E-state index contributed by atoms with van der Waals surface area (Å²) >= 11 is 0. The molecule has 3 N–H and O–H groups in total. The molecule has 0 amide bonds. The first-order valence-electron chi connectivity index (χ1n) is 3.66. The number of nitrogens with zero attached hydrogens (tertiary/aromatic N) is 1. The molecule has 0 heterocycles. The molecule has 0 spiro atoms. The quantitative estimate of drug-likeness (QED) is 0.667. The third-order valence-corrected chi connectivity index (χ3v) is 1.62. The zero-order valence-corrected chi connectivity index (χ0v) is 6.57. The molecule has 1 atom stereocenters. The lowest BCUT2D eigenvalue weighted by Gasteiger charge is -2.06. The summed E-state index contributed by atoms with van der Waals surface area (Å²) < 4.78 is 0. The highest BCUT2D eigenvalue weighted by atomic mass is 16.3. The summed E-state index contributed by atoms with van der Waals surface area (Å²) in [5.41, 5.74) is 6.50. The lowest BCUT2D eigenvalue weighted by Crippen LogP contribution is -2.11. The fourth-order valence-electron chi connectivity index (χ4n) is 0.952. The Morgan fingerprint density at radius 3 is 2.92 bits per heavy atom. The molecule has 1 rings (SSSR count). The van der Waals surface area contributed by atoms with Crippen molar-refractivity contribution in [3.05, 3.63) is 35.4 Å². The molecule has 0 saturated heterocycles. The van der Waals surface area contributed by atoms with Crippen molar-refractivity contribution in [1.82, 2.24) is 0 Å². The summed E-state index contributed by atoms with van der Waals surface area (Å²) in [4.78, 5) is 0. The lowest BCUT2D eigenvalue weighted by atomic mass is 10.1. The first-order chi connectivity index (χ1) is 5.77. The molecule has 0 aliphatic rings. The van der Waals surface area contributed by atoms with Crippen LogP contribution in [0.5, 0.6) is 0 Å². The molecule has 1 aromatic carbocycles. The summed E-state index contributed by atoms with van der Waals surface area (Å²) in [5.74, 6) is 0. The van der Waals surface area contributed by atoms with Crippen molar-refractivity contribution in [2.45, 2.75) is 6.10 Å². The highest BCUT2D eigenvalue weighted by Crippen LogP contribution is 2.12. The van der Waals surface area contributed by atoms with Crippen LogP contribution in [0.15, 0.2) is 24.3 Å². The van der Waals surface area contributed by atoms with Gasteiger partial charge in [0.25, 0.3) is 0 Å². The predicted molar refractivity (Wildman–Crippen MR) is 45.2 cm³/mol. The SMILES string of the molecule is N#Cc1cccc(C(O)CN)c1. The summed E-state index contributed by atoms with van der Waals surface area (Å²) in [7, 11) is 0. The van der Waals surface area contributed by atoms with Crippen LogP contribution in [-0.4, -0.2) is 11.7 Å². The third-order valence-electron chi connectivity index (χ3n) is 1.62. The number of rotatable bonds is 2. The van der Waals surface area contributed by atoms with E-state index in [1.165, 1.54) is 0 Å². The van der Waals surface area contributed by atoms with Gasteiger partial charge in [-0.15, -0.1) is 0 Å². The molecule has 62 valence electrons. The van der Waals surface area contributed by atoms with E-state index < -0.39 is 6.10 Å². The second-order valence-electron chi connectivity index (χ2n) is 2.49. The van der Waals surface area contributed by atoms with Gasteiger partial charge in [-0.3, -0.25) is 0 Å². The summed E-state index contributed by atoms with van der Waals surface area (Å²) in [6, 6.07) is 8.80. The van der Waals surface area contributed by atoms with Crippen LogP contribution in [0.4, 0.5) is 0 Å². The molecule has 3 heteroatoms. The van der Waals surface area contributed by atoms with E-state index in [1.807, 2.05) is 6.07 Å². The van der Waals surface area contributed by atoms with Crippen LogP contribution in [0.2, 0.25) is 0 Å². The Kier molecular flexibility index (Phi) is 2.81. The highest BCUT2D eigenvalue weighted by Gasteiger charge is 2.04. The van der Waals surface area contributed by atoms with Gasteiger partial charge in [-0.2, -0.15) is 5.26 Å². The maximum absolute atomic E-state index is 9.31. The van der Waals surface area contributed by atoms with Crippen molar-refractivity contribution < 1.29 is 5.11 Å². The van der Waals surface area contributed by atoms with E-state index in [9.17, 15) is 5.11 Å². The predicted octanol–water partition coefficient (Wildman–Crippen LogP) is 0.550. The zero-order chi connectivity index (χ0) is 8.97. The minimum absolute atomic E-state index is 0.175. The number of nitrogens with two attached hydrogens (primary N) is 1. The van der Waals surface area contributed by atoms with Gasteiger partial charge in [0.2, 0.25) is 0 Å². The minimum atomic E-state index is -0.668. The van der Waals surface area contributed by atoms with Crippen molar-refractivity contribution in [2.75, 3.05) is 6.54 Å². The fraction of sp³-hybridized carbons (Fsp3) is 0.222. The summed E-state index contributed by atoms with van der Waals surface area (Å²) in [5, 5.41) is 17.9. The van der Waals surface area contributed by atoms with Crippen molar-refractivity contribution in [2.24, 2.45) is 5.73 Å². The van der Waals surface area contributed by atoms with Gasteiger partial charge in [0, 0.05) is 6.54 Å². The monoisotopic (exact) mass is 162 g/mol. The van der Waals surface area contributed by atoms with Crippen LogP contribution in [0, 0.1) is 11.3 Å². The Balaban J connectivity index is 2.95. The van der Waals surface area contributed by atoms with Gasteiger partial charge in [-0.25, -0.2) is 0 Å². The van der Waals surface area contributed by atoms with E-state index >= 15 is 0 Å². The van der Waals surface area contributed by atoms with Gasteiger partial charge in [0.1, 0.15) is 0 Å². The zero-order valence-electron chi connectivity index (χ0n) is 6.57. The molecule has 0 aliphatic heterocycles. The largest absolute Gasteiger partial charge is 0.387 e. The molecule has 0 aliphatic carbocycles. The maximum Gasteiger partial charge on any atom is 0.0991 e. The second-order valence-corrected chi connectivity index (χ2v) is 2.49. The number of benzene rings is 1. The van der Waals surface area contributed by atoms with Crippen LogP contribution in [0.1, 0.15) is 17.2 Å². The van der Waals surface area contributed by atoms with Crippen molar-refractivity contribution >= 4 is 0 Å². The molecule has 0 radical (unpaired) electrons. The van der Waals surface area contributed by atoms with E-state index in [4.69, 9.17) is 11.0 Å². The molecule has 12 heavy (non-hydrogen) atoms. The molecule has 0 saturated carbocycles. The minimum Gasteiger partial charge on any atom is -0.387 e. The number of hydrogen-bond donors (Lipinski definition) is 2. The van der Waals surface area contributed by atoms with Crippen molar-refractivity contribution in [1.29, 1.82) is 5.26 Å². The van der Waals surface area contributed by atoms with Crippen LogP contribution in [0.25, 0.3) is 0 Å². The smallest absolute Gasteiger partial charge is 0.0991 e. The third kappa shape index (κ3) is 1.82. The Hall–Kier alpha value is -1.37. The van der Waals surface area contributed by atoms with Gasteiger partial charge in [0.15, 0.2) is 0 Å². The molecular formula is C9H10N2O. The molecule has 3 nitrogen and oxygen atoms in total. The summed E-state index contributed by atoms with van der Waals surface area (Å²) in [6.07, 6.45) is -0.668. The van der Waals surface area contributed by atoms with Gasteiger partial charge < -0.3 is 10.8 Å². The number of aliphatic hydroxyl groups excluding tert-OH is 1. The normalized spacial score (nSPS) is 12.1. The van der Waals surface area contributed by atoms with Gasteiger partial charge in [-0.05, 0) is 17.7 Å². The average Bonchev–Trinajstić information content (AvgIpc) is 2.17. The second kappa shape index (κ2) is 3.86. The summed E-state index contributed by atoms with van der Waals surface area (Å²) in [6.45, 7) is 0.175. The van der Waals surface area contributed by atoms with E-state index in [0.717, 1.165) is 0 Å². The van der Waals surface area contributed by atoms with Crippen LogP contribution >= 0.6 is 0 Å². The van der Waals surface area contributed by atoms with E-state index in [0.29, 0.717) is 11.1 Å². The average molecular weight is 162 g/mol. The van der Waals surface area contributed by atoms with E-state index in [1.54, 1.807) is 24.3 Å². The van der Waals surface area contributed by atoms with Gasteiger partial charge >= 0.3 is 0 Å². The first-order valence-corrected chi connectivity index (χ1v) is 3.66. The Bertz CT molecular complexity index is 304. The molecular weight excluding hydrogens is 152 g/mol. The standard InChI is InChI=1S/C9H10N2O/c10-5-7-2-1-3-8(4-7)9(12)6-11/h1-4,9,12H,6,11H2. The van der Waals surface area contributed by atoms with Gasteiger partial charge in [-0.1, -0.05) is 12.1 Å². The topological polar surface area (TPSA) is 70.0 Å². The Morgan fingerprint density at radius 2 is 2.33 bits per heavy atom. The molecule has 1 unspecified atom stereocenters. The van der Waals surface area contributed by atoms with Gasteiger partial charge in [0.05, 0.1) is 17.7 Å². The fourth-order valence-corrected chi connectivity index (χ4v) is 0.952. The molecule has 0 bridgehead atoms. The van der Waals surface area contributed by atoms with Crippen LogP contribution < -0.4 is 5.73 Å². The Morgan fingerprint density at radius 1 is 1.58 bits per heavy atom. The Labute approximate surface area is 71.1 Å². The first kappa shape index (κ1) is 8.72. The van der Waals surface area contributed by atoms with Crippen molar-refractivity contribution in [3.8, 4) is 6.07 Å². The molecule has 0 aromatic heterocycles. The molecule has 1 aromatic rings. The maximum atomic E-state index is 9.31. The van der Waals surface area contributed by atoms with E-state index in [2.05, 4.69) is 0 Å². The van der Waals surface area contributed by atoms with Crippen molar-refractivity contribution in [3.63, 3.8) is 0 Å².